The Balaban J connectivity index is 1.35. The summed E-state index contributed by atoms with van der Waals surface area (Å²) in [5.41, 5.74) is 5.20. The molecule has 3 N–H and O–H groups in total. The Labute approximate surface area is 298 Å². The van der Waals surface area contributed by atoms with Crippen molar-refractivity contribution in [2.45, 2.75) is 0 Å². The molecule has 0 unspecified atom stereocenters. The first-order valence-electron chi connectivity index (χ1n) is 17.6. The molecular weight excluding hydrogens is 679 g/mol. The molecule has 0 spiro atoms. The van der Waals surface area contributed by atoms with Crippen molar-refractivity contribution in [3.8, 4) is 0 Å². The fraction of sp³-hybridized carbons (Fsp3) is 0. The molecule has 0 saturated carbocycles. The minimum atomic E-state index is -0.334. The number of H-pyrrole nitrogens is 3. The third kappa shape index (κ3) is 3.24. The van der Waals surface area contributed by atoms with E-state index in [1.54, 1.807) is 18.2 Å². The monoisotopic (exact) mass is 699 g/mol. The molecular formula is C45H21N3O6. The second-order valence-corrected chi connectivity index (χ2v) is 14.0. The predicted molar refractivity (Wildman–Crippen MR) is 215 cm³/mol. The van der Waals surface area contributed by atoms with Crippen molar-refractivity contribution in [1.82, 2.24) is 15.0 Å². The van der Waals surface area contributed by atoms with Gasteiger partial charge in [-0.1, -0.05) is 54.6 Å². The molecule has 9 heteroatoms. The van der Waals surface area contributed by atoms with Gasteiger partial charge in [-0.15, -0.1) is 0 Å². The second-order valence-electron chi connectivity index (χ2n) is 14.0. The lowest BCUT2D eigenvalue weighted by atomic mass is 9.96. The van der Waals surface area contributed by atoms with Gasteiger partial charge in [-0.05, 0) is 54.6 Å². The molecule has 252 valence electrons. The molecule has 0 aliphatic heterocycles. The number of furan rings is 3. The number of benzene rings is 7. The van der Waals surface area contributed by atoms with Gasteiger partial charge in [0.1, 0.15) is 33.5 Å². The summed E-state index contributed by atoms with van der Waals surface area (Å²) in [6.07, 6.45) is 0. The van der Waals surface area contributed by atoms with Gasteiger partial charge in [-0.3, -0.25) is 14.4 Å². The van der Waals surface area contributed by atoms with Gasteiger partial charge in [-0.25, -0.2) is 0 Å². The number of aromatic nitrogens is 3. The zero-order valence-electron chi connectivity index (χ0n) is 27.8. The highest BCUT2D eigenvalue weighted by Gasteiger charge is 2.26. The second kappa shape index (κ2) is 9.41. The average molecular weight is 700 g/mol. The Morgan fingerprint density at radius 1 is 0.296 bits per heavy atom. The number of fused-ring (bicyclic) bond motifs is 21. The topological polar surface area (TPSA) is 138 Å². The number of nitrogens with one attached hydrogen (secondary N) is 3. The van der Waals surface area contributed by atoms with Crippen LogP contribution in [-0.2, 0) is 0 Å². The van der Waals surface area contributed by atoms with Gasteiger partial charge in [0, 0.05) is 32.3 Å². The summed E-state index contributed by atoms with van der Waals surface area (Å²) in [7, 11) is 0. The molecule has 0 aliphatic carbocycles. The third-order valence-electron chi connectivity index (χ3n) is 11.3. The van der Waals surface area contributed by atoms with Crippen LogP contribution in [0.5, 0.6) is 0 Å². The maximum absolute atomic E-state index is 15.3. The highest BCUT2D eigenvalue weighted by Crippen LogP contribution is 2.40. The van der Waals surface area contributed by atoms with Crippen LogP contribution in [-0.4, -0.2) is 15.0 Å². The molecule has 0 bridgehead atoms. The van der Waals surface area contributed by atoms with E-state index < -0.39 is 0 Å². The van der Waals surface area contributed by atoms with Gasteiger partial charge < -0.3 is 28.2 Å². The Bertz CT molecular complexity index is 3650. The van der Waals surface area contributed by atoms with E-state index >= 15 is 14.4 Å². The smallest absolute Gasteiger partial charge is 0.200 e. The van der Waals surface area contributed by atoms with Crippen LogP contribution in [0, 0.1) is 0 Å². The van der Waals surface area contributed by atoms with Gasteiger partial charge >= 0.3 is 0 Å². The van der Waals surface area contributed by atoms with E-state index in [9.17, 15) is 0 Å². The van der Waals surface area contributed by atoms with Crippen molar-refractivity contribution in [2.75, 3.05) is 0 Å². The van der Waals surface area contributed by atoms with Crippen LogP contribution in [0.15, 0.2) is 137 Å². The number of hydrogen-bond donors (Lipinski definition) is 3. The minimum absolute atomic E-state index is 0.202. The molecule has 0 amide bonds. The van der Waals surface area contributed by atoms with E-state index in [1.807, 2.05) is 91.0 Å². The zero-order valence-corrected chi connectivity index (χ0v) is 27.8. The lowest BCUT2D eigenvalue weighted by molar-refractivity contribution is 0.669. The van der Waals surface area contributed by atoms with Crippen LogP contribution in [0.1, 0.15) is 0 Å². The zero-order chi connectivity index (χ0) is 35.6. The number of rotatable bonds is 0. The van der Waals surface area contributed by atoms with E-state index in [-0.39, 0.29) is 32.4 Å². The largest absolute Gasteiger partial charge is 0.456 e. The first-order valence-corrected chi connectivity index (χ1v) is 17.6. The number of aromatic amines is 3. The molecule has 6 aromatic heterocycles. The number of para-hydroxylation sites is 3. The van der Waals surface area contributed by atoms with Crippen LogP contribution in [0.25, 0.3) is 131 Å². The van der Waals surface area contributed by atoms with E-state index in [0.29, 0.717) is 98.9 Å². The Morgan fingerprint density at radius 3 is 0.907 bits per heavy atom. The summed E-state index contributed by atoms with van der Waals surface area (Å²) < 4.78 is 18.5. The van der Waals surface area contributed by atoms with Gasteiger partial charge in [0.25, 0.3) is 0 Å². The Morgan fingerprint density at radius 2 is 0.593 bits per heavy atom. The molecule has 0 radical (unpaired) electrons. The summed E-state index contributed by atoms with van der Waals surface area (Å²) in [6.45, 7) is 0. The third-order valence-corrected chi connectivity index (χ3v) is 11.3. The van der Waals surface area contributed by atoms with Crippen molar-refractivity contribution in [3.05, 3.63) is 140 Å². The Kier molecular flexibility index (Phi) is 4.88. The highest BCUT2D eigenvalue weighted by atomic mass is 16.3. The van der Waals surface area contributed by atoms with Gasteiger partial charge in [0.2, 0.25) is 0 Å². The summed E-state index contributed by atoms with van der Waals surface area (Å²) in [4.78, 5) is 56.4. The highest BCUT2D eigenvalue weighted by molar-refractivity contribution is 6.31. The van der Waals surface area contributed by atoms with Crippen LogP contribution >= 0.6 is 0 Å². The maximum atomic E-state index is 15.3. The van der Waals surface area contributed by atoms with Crippen molar-refractivity contribution >= 4 is 131 Å². The van der Waals surface area contributed by atoms with E-state index in [2.05, 4.69) is 15.0 Å². The van der Waals surface area contributed by atoms with Crippen LogP contribution < -0.4 is 16.3 Å². The number of pyridine rings is 3. The summed E-state index contributed by atoms with van der Waals surface area (Å²) in [5, 5.41) is 6.18. The minimum Gasteiger partial charge on any atom is -0.456 e. The molecule has 0 saturated heterocycles. The van der Waals surface area contributed by atoms with Crippen LogP contribution in [0.2, 0.25) is 0 Å². The Hall–Kier alpha value is -7.65. The fourth-order valence-electron chi connectivity index (χ4n) is 9.06. The standard InChI is InChI=1S/C45H21N3O6/c49-43-34-22(13-16-28-31(34)19-7-1-4-10-25(19)52-28)46-40-37(43)41-39(45(51)35-23(47-41)14-17-29-32(35)20-8-2-5-11-26(20)53-29)42-38(40)44(50)36-24(48-42)15-18-30-33(36)21-9-3-6-12-27(21)54-30/h1-18H,(H,46,49)(H,47,51)(H,48,50). The lowest BCUT2D eigenvalue weighted by Gasteiger charge is -2.14. The van der Waals surface area contributed by atoms with E-state index in [1.165, 1.54) is 0 Å². The van der Waals surface area contributed by atoms with Crippen LogP contribution in [0.4, 0.5) is 0 Å². The van der Waals surface area contributed by atoms with Gasteiger partial charge in [-0.2, -0.15) is 0 Å². The summed E-state index contributed by atoms with van der Waals surface area (Å²) in [6, 6.07) is 33.7. The van der Waals surface area contributed by atoms with E-state index in [0.717, 1.165) is 16.2 Å². The normalized spacial score (nSPS) is 12.7. The predicted octanol–water partition coefficient (Wildman–Crippen LogP) is 10.4. The summed E-state index contributed by atoms with van der Waals surface area (Å²) in [5.74, 6) is 0. The van der Waals surface area contributed by atoms with Gasteiger partial charge in [0.05, 0.1) is 65.4 Å². The number of hydrogen-bond acceptors (Lipinski definition) is 6. The molecule has 54 heavy (non-hydrogen) atoms. The molecule has 13 aromatic rings. The average Bonchev–Trinajstić information content (AvgIpc) is 3.89. The van der Waals surface area contributed by atoms with Crippen molar-refractivity contribution in [2.24, 2.45) is 0 Å². The molecule has 9 nitrogen and oxygen atoms in total. The maximum Gasteiger partial charge on any atom is 0.200 e. The summed E-state index contributed by atoms with van der Waals surface area (Å²) >= 11 is 0. The lowest BCUT2D eigenvalue weighted by Crippen LogP contribution is -2.15. The van der Waals surface area contributed by atoms with E-state index in [4.69, 9.17) is 13.3 Å². The van der Waals surface area contributed by atoms with Crippen molar-refractivity contribution < 1.29 is 13.3 Å². The van der Waals surface area contributed by atoms with Crippen LogP contribution in [0.3, 0.4) is 0 Å². The molecule has 7 aromatic carbocycles. The fourth-order valence-corrected chi connectivity index (χ4v) is 9.06. The molecule has 0 fully saturated rings. The van der Waals surface area contributed by atoms with Crippen molar-refractivity contribution in [1.29, 1.82) is 0 Å². The molecule has 0 aliphatic rings. The molecule has 6 heterocycles. The first-order chi connectivity index (χ1) is 26.5. The molecule has 0 atom stereocenters. The van der Waals surface area contributed by atoms with Gasteiger partial charge in [0.15, 0.2) is 16.3 Å². The van der Waals surface area contributed by atoms with Crippen molar-refractivity contribution in [3.63, 3.8) is 0 Å². The quantitative estimate of drug-likeness (QED) is 0.106. The SMILES string of the molecule is O=c1c2c([nH]c3ccc4oc5ccccc5c4c13)c1c(=O)c3c(ccc4oc5ccccc5c43)[nH]c1c1c(=O)c3c(ccc4oc5ccccc5c43)[nH]c21. The first kappa shape index (κ1) is 28.0. The molecule has 13 rings (SSSR count).